The van der Waals surface area contributed by atoms with Crippen molar-refractivity contribution in [2.24, 2.45) is 0 Å². The molecule has 0 spiro atoms. The van der Waals surface area contributed by atoms with Gasteiger partial charge in [0.25, 0.3) is 11.8 Å². The second-order valence-electron chi connectivity index (χ2n) is 7.45. The molecule has 1 aromatic carbocycles. The molecule has 4 rings (SSSR count). The van der Waals surface area contributed by atoms with Crippen molar-refractivity contribution in [2.45, 2.75) is 64.1 Å². The van der Waals surface area contributed by atoms with Gasteiger partial charge in [-0.05, 0) is 57.2 Å². The van der Waals surface area contributed by atoms with E-state index in [4.69, 9.17) is 0 Å². The fraction of sp³-hybridized carbons (Fsp3) is 0.600. The van der Waals surface area contributed by atoms with E-state index in [1.165, 1.54) is 12.8 Å². The summed E-state index contributed by atoms with van der Waals surface area (Å²) in [5.74, 6) is 0.108. The van der Waals surface area contributed by atoms with E-state index in [9.17, 15) is 9.59 Å². The third kappa shape index (κ3) is 2.90. The van der Waals surface area contributed by atoms with Gasteiger partial charge in [0.15, 0.2) is 0 Å². The average molecular weight is 341 g/mol. The van der Waals surface area contributed by atoms with Gasteiger partial charge in [-0.15, -0.1) is 0 Å². The summed E-state index contributed by atoms with van der Waals surface area (Å²) in [4.78, 5) is 29.8. The van der Waals surface area contributed by atoms with E-state index >= 15 is 0 Å². The lowest BCUT2D eigenvalue weighted by Crippen LogP contribution is -2.57. The number of nitrogens with one attached hydrogen (secondary N) is 1. The predicted molar refractivity (Wildman–Crippen MR) is 97.9 cm³/mol. The van der Waals surface area contributed by atoms with Crippen LogP contribution in [0, 0.1) is 0 Å². The maximum atomic E-state index is 12.9. The maximum absolute atomic E-state index is 12.9. The van der Waals surface area contributed by atoms with Gasteiger partial charge in [0.1, 0.15) is 6.17 Å². The molecule has 134 valence electrons. The molecule has 0 unspecified atom stereocenters. The molecule has 1 saturated carbocycles. The van der Waals surface area contributed by atoms with Crippen LogP contribution in [0.5, 0.6) is 0 Å². The summed E-state index contributed by atoms with van der Waals surface area (Å²) >= 11 is 0. The Hall–Kier alpha value is -2.04. The third-order valence-corrected chi connectivity index (χ3v) is 5.92. The highest BCUT2D eigenvalue weighted by molar-refractivity contribution is 6.04. The fourth-order valence-electron chi connectivity index (χ4n) is 4.60. The van der Waals surface area contributed by atoms with E-state index in [1.54, 1.807) is 6.07 Å². The number of rotatable bonds is 3. The van der Waals surface area contributed by atoms with E-state index in [1.807, 2.05) is 17.0 Å². The van der Waals surface area contributed by atoms with Crippen molar-refractivity contribution < 1.29 is 9.59 Å². The van der Waals surface area contributed by atoms with E-state index in [0.29, 0.717) is 11.6 Å². The average Bonchev–Trinajstić information content (AvgIpc) is 3.15. The standard InChI is InChI=1S/C20H27N3O2/c1-2-22-17-13-14(19(24)21-15-7-3-4-8-15)10-11-16(17)20(25)23-12-6-5-9-18(22)23/h10-11,13,15,18H,2-9,12H2,1H3,(H,21,24)/t18-/m1/s1. The van der Waals surface area contributed by atoms with Gasteiger partial charge in [-0.2, -0.15) is 0 Å². The maximum Gasteiger partial charge on any atom is 0.257 e. The Kier molecular flexibility index (Phi) is 4.40. The topological polar surface area (TPSA) is 52.7 Å². The van der Waals surface area contributed by atoms with Crippen LogP contribution in [0.15, 0.2) is 18.2 Å². The van der Waals surface area contributed by atoms with E-state index in [-0.39, 0.29) is 18.0 Å². The summed E-state index contributed by atoms with van der Waals surface area (Å²) in [5, 5.41) is 3.15. The smallest absolute Gasteiger partial charge is 0.257 e. The molecule has 1 N–H and O–H groups in total. The van der Waals surface area contributed by atoms with Crippen LogP contribution in [0.2, 0.25) is 0 Å². The molecule has 2 amide bonds. The fourth-order valence-corrected chi connectivity index (χ4v) is 4.60. The Morgan fingerprint density at radius 1 is 1.16 bits per heavy atom. The summed E-state index contributed by atoms with van der Waals surface area (Å²) in [6.07, 6.45) is 7.94. The first-order valence-corrected chi connectivity index (χ1v) is 9.71. The van der Waals surface area contributed by atoms with Crippen LogP contribution in [-0.2, 0) is 0 Å². The Balaban J connectivity index is 1.64. The van der Waals surface area contributed by atoms with Gasteiger partial charge in [-0.3, -0.25) is 9.59 Å². The zero-order valence-electron chi connectivity index (χ0n) is 15.0. The highest BCUT2D eigenvalue weighted by Crippen LogP contribution is 2.35. The van der Waals surface area contributed by atoms with Gasteiger partial charge in [-0.25, -0.2) is 0 Å². The van der Waals surface area contributed by atoms with E-state index < -0.39 is 0 Å². The summed E-state index contributed by atoms with van der Waals surface area (Å²) in [5.41, 5.74) is 2.33. The third-order valence-electron chi connectivity index (χ3n) is 5.92. The number of amides is 2. The Labute approximate surface area is 149 Å². The lowest BCUT2D eigenvalue weighted by Gasteiger charge is -2.47. The van der Waals surface area contributed by atoms with Gasteiger partial charge >= 0.3 is 0 Å². The molecule has 1 saturated heterocycles. The molecule has 5 heteroatoms. The summed E-state index contributed by atoms with van der Waals surface area (Å²) in [6, 6.07) is 5.88. The van der Waals surface area contributed by atoms with Crippen LogP contribution in [0.4, 0.5) is 5.69 Å². The number of piperidine rings is 1. The molecular weight excluding hydrogens is 314 g/mol. The molecule has 5 nitrogen and oxygen atoms in total. The number of benzene rings is 1. The summed E-state index contributed by atoms with van der Waals surface area (Å²) in [6.45, 7) is 3.80. The molecule has 1 aromatic rings. The molecule has 3 aliphatic rings. The molecule has 1 aliphatic carbocycles. The molecular formula is C20H27N3O2. The van der Waals surface area contributed by atoms with Gasteiger partial charge in [0, 0.05) is 24.7 Å². The van der Waals surface area contributed by atoms with Gasteiger partial charge in [0.05, 0.1) is 11.3 Å². The minimum absolute atomic E-state index is 0.00993. The second-order valence-corrected chi connectivity index (χ2v) is 7.45. The molecule has 0 radical (unpaired) electrons. The molecule has 1 atom stereocenters. The predicted octanol–water partition coefficient (Wildman–Crippen LogP) is 3.15. The first kappa shape index (κ1) is 16.4. The van der Waals surface area contributed by atoms with Crippen molar-refractivity contribution in [3.8, 4) is 0 Å². The van der Waals surface area contributed by atoms with Crippen molar-refractivity contribution >= 4 is 17.5 Å². The Morgan fingerprint density at radius 2 is 1.92 bits per heavy atom. The Bertz CT molecular complexity index is 682. The van der Waals surface area contributed by atoms with Crippen molar-refractivity contribution in [1.29, 1.82) is 0 Å². The second kappa shape index (κ2) is 6.70. The van der Waals surface area contributed by atoms with E-state index in [0.717, 1.165) is 56.4 Å². The summed E-state index contributed by atoms with van der Waals surface area (Å²) < 4.78 is 0. The zero-order valence-corrected chi connectivity index (χ0v) is 15.0. The summed E-state index contributed by atoms with van der Waals surface area (Å²) in [7, 11) is 0. The van der Waals surface area contributed by atoms with E-state index in [2.05, 4.69) is 17.1 Å². The molecule has 2 heterocycles. The van der Waals surface area contributed by atoms with Crippen molar-refractivity contribution in [2.75, 3.05) is 18.0 Å². The minimum Gasteiger partial charge on any atom is -0.351 e. The normalized spacial score (nSPS) is 23.4. The van der Waals surface area contributed by atoms with Crippen LogP contribution in [0.25, 0.3) is 0 Å². The molecule has 25 heavy (non-hydrogen) atoms. The van der Waals surface area contributed by atoms with Gasteiger partial charge in [-0.1, -0.05) is 12.8 Å². The zero-order chi connectivity index (χ0) is 17.4. The minimum atomic E-state index is -0.00993. The Morgan fingerprint density at radius 3 is 2.68 bits per heavy atom. The SMILES string of the molecule is CCN1c2cc(C(=O)NC3CCCC3)ccc2C(=O)N2CCCC[C@@H]21. The largest absolute Gasteiger partial charge is 0.351 e. The van der Waals surface area contributed by atoms with Crippen LogP contribution >= 0.6 is 0 Å². The van der Waals surface area contributed by atoms with Crippen LogP contribution in [-0.4, -0.2) is 42.0 Å². The number of fused-ring (bicyclic) bond motifs is 2. The number of anilines is 1. The first-order valence-electron chi connectivity index (χ1n) is 9.71. The molecule has 0 aromatic heterocycles. The van der Waals surface area contributed by atoms with Crippen LogP contribution < -0.4 is 10.2 Å². The van der Waals surface area contributed by atoms with Crippen molar-refractivity contribution in [1.82, 2.24) is 10.2 Å². The number of hydrogen-bond acceptors (Lipinski definition) is 3. The first-order chi connectivity index (χ1) is 12.2. The number of carbonyl (C=O) groups excluding carboxylic acids is 2. The van der Waals surface area contributed by atoms with Crippen LogP contribution in [0.3, 0.4) is 0 Å². The highest BCUT2D eigenvalue weighted by atomic mass is 16.2. The number of nitrogens with zero attached hydrogens (tertiary/aromatic N) is 2. The number of carbonyl (C=O) groups is 2. The monoisotopic (exact) mass is 341 g/mol. The molecule has 2 fully saturated rings. The van der Waals surface area contributed by atoms with Gasteiger partial charge < -0.3 is 15.1 Å². The molecule has 0 bridgehead atoms. The van der Waals surface area contributed by atoms with Crippen molar-refractivity contribution in [3.63, 3.8) is 0 Å². The van der Waals surface area contributed by atoms with Crippen molar-refractivity contribution in [3.05, 3.63) is 29.3 Å². The molecule has 2 aliphatic heterocycles. The lowest BCUT2D eigenvalue weighted by atomic mass is 9.97. The lowest BCUT2D eigenvalue weighted by molar-refractivity contribution is 0.0582. The quantitative estimate of drug-likeness (QED) is 0.919. The van der Waals surface area contributed by atoms with Gasteiger partial charge in [0.2, 0.25) is 0 Å². The number of hydrogen-bond donors (Lipinski definition) is 1. The highest BCUT2D eigenvalue weighted by Gasteiger charge is 2.38. The van der Waals surface area contributed by atoms with Crippen LogP contribution in [0.1, 0.15) is 72.6 Å².